The Morgan fingerprint density at radius 2 is 1.76 bits per heavy atom. The van der Waals surface area contributed by atoms with Crippen LogP contribution in [0, 0.1) is 0 Å². The van der Waals surface area contributed by atoms with Crippen molar-refractivity contribution < 1.29 is 9.84 Å². The lowest BCUT2D eigenvalue weighted by Crippen LogP contribution is -2.39. The normalized spacial score (nSPS) is 20.8. The first-order chi connectivity index (χ1) is 8.09. The van der Waals surface area contributed by atoms with Crippen molar-refractivity contribution in [3.63, 3.8) is 0 Å². The van der Waals surface area contributed by atoms with Gasteiger partial charge in [0.2, 0.25) is 0 Å². The molecule has 1 unspecified atom stereocenters. The summed E-state index contributed by atoms with van der Waals surface area (Å²) in [4.78, 5) is 2.32. The molecular weight excluding hydrogens is 214 g/mol. The molecule has 17 heavy (non-hydrogen) atoms. The first kappa shape index (κ1) is 14.9. The zero-order valence-corrected chi connectivity index (χ0v) is 11.7. The van der Waals surface area contributed by atoms with Gasteiger partial charge in [-0.15, -0.1) is 0 Å². The summed E-state index contributed by atoms with van der Waals surface area (Å²) >= 11 is 0. The fourth-order valence-corrected chi connectivity index (χ4v) is 2.54. The van der Waals surface area contributed by atoms with E-state index in [1.165, 1.54) is 38.5 Å². The van der Waals surface area contributed by atoms with Crippen molar-refractivity contribution in [2.75, 3.05) is 20.2 Å². The van der Waals surface area contributed by atoms with Gasteiger partial charge in [-0.3, -0.25) is 0 Å². The molecule has 1 aliphatic carbocycles. The Labute approximate surface area is 106 Å². The van der Waals surface area contributed by atoms with Crippen molar-refractivity contribution in [1.82, 2.24) is 4.90 Å². The molecule has 0 aromatic carbocycles. The van der Waals surface area contributed by atoms with Crippen LogP contribution in [0.4, 0.5) is 0 Å². The molecule has 0 aromatic heterocycles. The molecular formula is C14H29NO2. The van der Waals surface area contributed by atoms with Crippen molar-refractivity contribution in [3.05, 3.63) is 0 Å². The van der Waals surface area contributed by atoms with Crippen LogP contribution in [0.3, 0.4) is 0 Å². The Kier molecular flexibility index (Phi) is 7.09. The van der Waals surface area contributed by atoms with Crippen LogP contribution in [0.25, 0.3) is 0 Å². The third kappa shape index (κ3) is 6.39. The van der Waals surface area contributed by atoms with Crippen molar-refractivity contribution in [3.8, 4) is 0 Å². The standard InChI is InChI=1S/C14H29NO2/c1-12(2)17-11-14(16)10-15(3)13-8-6-4-5-7-9-13/h12-14,16H,4-11H2,1-3H3. The van der Waals surface area contributed by atoms with Gasteiger partial charge >= 0.3 is 0 Å². The summed E-state index contributed by atoms with van der Waals surface area (Å²) in [5.41, 5.74) is 0. The van der Waals surface area contributed by atoms with Crippen molar-refractivity contribution in [1.29, 1.82) is 0 Å². The van der Waals surface area contributed by atoms with Gasteiger partial charge in [0.25, 0.3) is 0 Å². The highest BCUT2D eigenvalue weighted by atomic mass is 16.5. The number of nitrogens with zero attached hydrogens (tertiary/aromatic N) is 1. The predicted octanol–water partition coefficient (Wildman–Crippen LogP) is 2.43. The molecule has 0 spiro atoms. The van der Waals surface area contributed by atoms with Crippen molar-refractivity contribution >= 4 is 0 Å². The lowest BCUT2D eigenvalue weighted by molar-refractivity contribution is -0.0109. The molecule has 1 N–H and O–H groups in total. The topological polar surface area (TPSA) is 32.7 Å². The molecule has 3 nitrogen and oxygen atoms in total. The smallest absolute Gasteiger partial charge is 0.0900 e. The summed E-state index contributed by atoms with van der Waals surface area (Å²) in [5.74, 6) is 0. The highest BCUT2D eigenvalue weighted by molar-refractivity contribution is 4.74. The molecule has 0 radical (unpaired) electrons. The summed E-state index contributed by atoms with van der Waals surface area (Å²) in [6.07, 6.45) is 7.86. The second kappa shape index (κ2) is 8.06. The minimum atomic E-state index is -0.356. The van der Waals surface area contributed by atoms with Gasteiger partial charge in [-0.05, 0) is 33.7 Å². The first-order valence-corrected chi connectivity index (χ1v) is 7.09. The van der Waals surface area contributed by atoms with Gasteiger partial charge in [-0.25, -0.2) is 0 Å². The highest BCUT2D eigenvalue weighted by Crippen LogP contribution is 2.21. The lowest BCUT2D eigenvalue weighted by atomic mass is 10.1. The molecule has 1 saturated carbocycles. The maximum atomic E-state index is 9.90. The Bertz CT molecular complexity index is 189. The Morgan fingerprint density at radius 3 is 2.29 bits per heavy atom. The van der Waals surface area contributed by atoms with Crippen LogP contribution in [0.5, 0.6) is 0 Å². The van der Waals surface area contributed by atoms with E-state index in [1.54, 1.807) is 0 Å². The highest BCUT2D eigenvalue weighted by Gasteiger charge is 2.19. The summed E-state index contributed by atoms with van der Waals surface area (Å²) in [6, 6.07) is 0.659. The van der Waals surface area contributed by atoms with Gasteiger partial charge in [0.15, 0.2) is 0 Å². The number of hydrogen-bond acceptors (Lipinski definition) is 3. The Balaban J connectivity index is 2.23. The molecule has 0 aliphatic heterocycles. The monoisotopic (exact) mass is 243 g/mol. The molecule has 0 bridgehead atoms. The Morgan fingerprint density at radius 1 is 1.18 bits per heavy atom. The van der Waals surface area contributed by atoms with Crippen LogP contribution in [0.15, 0.2) is 0 Å². The van der Waals surface area contributed by atoms with Gasteiger partial charge in [-0.2, -0.15) is 0 Å². The summed E-state index contributed by atoms with van der Waals surface area (Å²) in [5, 5.41) is 9.90. The van der Waals surface area contributed by atoms with Gasteiger partial charge in [-0.1, -0.05) is 25.7 Å². The lowest BCUT2D eigenvalue weighted by Gasteiger charge is -2.29. The SMILES string of the molecule is CC(C)OCC(O)CN(C)C1CCCCCC1. The van der Waals surface area contributed by atoms with Gasteiger partial charge in [0.05, 0.1) is 18.8 Å². The third-order valence-electron chi connectivity index (χ3n) is 3.57. The average molecular weight is 243 g/mol. The fraction of sp³-hybridized carbons (Fsp3) is 1.00. The molecule has 3 heteroatoms. The molecule has 102 valence electrons. The number of hydrogen-bond donors (Lipinski definition) is 1. The minimum absolute atomic E-state index is 0.202. The molecule has 1 atom stereocenters. The third-order valence-corrected chi connectivity index (χ3v) is 3.57. The zero-order chi connectivity index (χ0) is 12.7. The molecule has 0 saturated heterocycles. The number of aliphatic hydroxyl groups excluding tert-OH is 1. The van der Waals surface area contributed by atoms with E-state index in [4.69, 9.17) is 4.74 Å². The summed E-state index contributed by atoms with van der Waals surface area (Å²) in [7, 11) is 2.13. The van der Waals surface area contributed by atoms with Gasteiger partial charge in [0, 0.05) is 12.6 Å². The zero-order valence-electron chi connectivity index (χ0n) is 11.7. The molecule has 0 aromatic rings. The molecule has 0 heterocycles. The van der Waals surface area contributed by atoms with Crippen molar-refractivity contribution in [2.24, 2.45) is 0 Å². The second-order valence-electron chi connectivity index (χ2n) is 5.62. The van der Waals surface area contributed by atoms with Gasteiger partial charge < -0.3 is 14.7 Å². The van der Waals surface area contributed by atoms with Crippen molar-refractivity contribution in [2.45, 2.75) is 70.6 Å². The van der Waals surface area contributed by atoms with E-state index in [-0.39, 0.29) is 12.2 Å². The van der Waals surface area contributed by atoms with E-state index in [0.29, 0.717) is 12.6 Å². The van der Waals surface area contributed by atoms with E-state index < -0.39 is 0 Å². The average Bonchev–Trinajstić information content (AvgIpc) is 2.54. The number of ether oxygens (including phenoxy) is 1. The molecule has 1 rings (SSSR count). The summed E-state index contributed by atoms with van der Waals surface area (Å²) < 4.78 is 5.44. The maximum Gasteiger partial charge on any atom is 0.0900 e. The van der Waals surface area contributed by atoms with Crippen LogP contribution < -0.4 is 0 Å². The molecule has 1 aliphatic rings. The Hall–Kier alpha value is -0.120. The van der Waals surface area contributed by atoms with Crippen LogP contribution in [-0.4, -0.2) is 48.5 Å². The van der Waals surface area contributed by atoms with Crippen LogP contribution in [-0.2, 0) is 4.74 Å². The summed E-state index contributed by atoms with van der Waals surface area (Å²) in [6.45, 7) is 5.19. The quantitative estimate of drug-likeness (QED) is 0.727. The first-order valence-electron chi connectivity index (χ1n) is 7.09. The minimum Gasteiger partial charge on any atom is -0.389 e. The van der Waals surface area contributed by atoms with Crippen LogP contribution in [0.2, 0.25) is 0 Å². The van der Waals surface area contributed by atoms with Crippen LogP contribution >= 0.6 is 0 Å². The number of aliphatic hydroxyl groups is 1. The second-order valence-corrected chi connectivity index (χ2v) is 5.62. The van der Waals surface area contributed by atoms with E-state index in [9.17, 15) is 5.11 Å². The predicted molar refractivity (Wildman–Crippen MR) is 71.2 cm³/mol. The molecule has 1 fully saturated rings. The number of likely N-dealkylation sites (N-methyl/N-ethyl adjacent to an activating group) is 1. The fourth-order valence-electron chi connectivity index (χ4n) is 2.54. The van der Waals surface area contributed by atoms with E-state index >= 15 is 0 Å². The van der Waals surface area contributed by atoms with E-state index in [1.807, 2.05) is 13.8 Å². The van der Waals surface area contributed by atoms with E-state index in [2.05, 4.69) is 11.9 Å². The maximum absolute atomic E-state index is 9.90. The largest absolute Gasteiger partial charge is 0.389 e. The van der Waals surface area contributed by atoms with Gasteiger partial charge in [0.1, 0.15) is 0 Å². The molecule has 0 amide bonds. The number of rotatable bonds is 6. The van der Waals surface area contributed by atoms with Crippen LogP contribution in [0.1, 0.15) is 52.4 Å². The van der Waals surface area contributed by atoms with E-state index in [0.717, 1.165) is 6.54 Å².